The van der Waals surface area contributed by atoms with Crippen LogP contribution >= 0.6 is 0 Å². The minimum Gasteiger partial charge on any atom is -0.396 e. The molecular weight excluding hydrogens is 192 g/mol. The van der Waals surface area contributed by atoms with Crippen LogP contribution in [0.2, 0.25) is 0 Å². The van der Waals surface area contributed by atoms with Crippen LogP contribution in [0.5, 0.6) is 0 Å². The molecule has 0 unspecified atom stereocenters. The van der Waals surface area contributed by atoms with Crippen LogP contribution in [-0.2, 0) is 0 Å². The van der Waals surface area contributed by atoms with Crippen molar-refractivity contribution in [1.29, 1.82) is 0 Å². The molecule has 15 heavy (non-hydrogen) atoms. The third-order valence-corrected chi connectivity index (χ3v) is 2.00. The summed E-state index contributed by atoms with van der Waals surface area (Å²) in [4.78, 5) is 10.9. The smallest absolute Gasteiger partial charge is 0.271 e. The van der Waals surface area contributed by atoms with E-state index in [0.717, 1.165) is 5.69 Å². The maximum Gasteiger partial charge on any atom is 0.271 e. The number of primary amides is 1. The van der Waals surface area contributed by atoms with E-state index in [4.69, 9.17) is 11.5 Å². The van der Waals surface area contributed by atoms with Crippen molar-refractivity contribution in [3.05, 3.63) is 42.2 Å². The first kappa shape index (κ1) is 9.26. The van der Waals surface area contributed by atoms with Gasteiger partial charge in [0, 0.05) is 0 Å². The molecule has 1 heterocycles. The monoisotopic (exact) mass is 202 g/mol. The molecule has 0 spiro atoms. The Bertz CT molecular complexity index is 489. The van der Waals surface area contributed by atoms with Crippen molar-refractivity contribution in [3.8, 4) is 5.69 Å². The molecule has 76 valence electrons. The summed E-state index contributed by atoms with van der Waals surface area (Å²) in [7, 11) is 0. The van der Waals surface area contributed by atoms with Crippen molar-refractivity contribution in [3.63, 3.8) is 0 Å². The van der Waals surface area contributed by atoms with Crippen molar-refractivity contribution < 1.29 is 4.79 Å². The number of hydrogen-bond acceptors (Lipinski definition) is 3. The van der Waals surface area contributed by atoms with Gasteiger partial charge in [0.1, 0.15) is 0 Å². The maximum absolute atomic E-state index is 10.9. The van der Waals surface area contributed by atoms with Gasteiger partial charge in [0.2, 0.25) is 0 Å². The number of carbonyl (C=O) groups excluding carboxylic acids is 1. The summed E-state index contributed by atoms with van der Waals surface area (Å²) in [6.45, 7) is 0. The minimum atomic E-state index is -0.623. The van der Waals surface area contributed by atoms with Gasteiger partial charge < -0.3 is 11.5 Å². The van der Waals surface area contributed by atoms with E-state index in [1.165, 1.54) is 4.68 Å². The molecule has 0 atom stereocenters. The van der Waals surface area contributed by atoms with Gasteiger partial charge in [-0.15, -0.1) is 0 Å². The van der Waals surface area contributed by atoms with Gasteiger partial charge in [0.15, 0.2) is 5.69 Å². The number of rotatable bonds is 2. The van der Waals surface area contributed by atoms with E-state index < -0.39 is 5.91 Å². The first-order chi connectivity index (χ1) is 7.18. The van der Waals surface area contributed by atoms with Crippen molar-refractivity contribution in [2.45, 2.75) is 0 Å². The van der Waals surface area contributed by atoms with Crippen LogP contribution in [0.4, 0.5) is 5.69 Å². The van der Waals surface area contributed by atoms with Gasteiger partial charge in [-0.3, -0.25) is 4.79 Å². The van der Waals surface area contributed by atoms with Crippen LogP contribution in [0.1, 0.15) is 10.5 Å². The topological polar surface area (TPSA) is 86.9 Å². The third kappa shape index (κ3) is 1.67. The van der Waals surface area contributed by atoms with Gasteiger partial charge in [-0.25, -0.2) is 4.68 Å². The van der Waals surface area contributed by atoms with Crippen LogP contribution < -0.4 is 11.5 Å². The van der Waals surface area contributed by atoms with Gasteiger partial charge in [-0.05, 0) is 12.1 Å². The average Bonchev–Trinajstić information content (AvgIpc) is 2.62. The molecule has 0 saturated heterocycles. The molecule has 2 aromatic rings. The Balaban J connectivity index is 2.48. The Kier molecular flexibility index (Phi) is 2.13. The number of nitrogens with two attached hydrogens (primary N) is 2. The van der Waals surface area contributed by atoms with E-state index in [9.17, 15) is 4.79 Å². The number of hydrogen-bond donors (Lipinski definition) is 2. The SMILES string of the molecule is NC(=O)c1nn(-c2ccccc2)cc1N. The predicted octanol–water partition coefficient (Wildman–Crippen LogP) is 0.553. The molecule has 1 aromatic heterocycles. The van der Waals surface area contributed by atoms with E-state index in [1.807, 2.05) is 30.3 Å². The largest absolute Gasteiger partial charge is 0.396 e. The highest BCUT2D eigenvalue weighted by Crippen LogP contribution is 2.13. The third-order valence-electron chi connectivity index (χ3n) is 2.00. The Hall–Kier alpha value is -2.30. The quantitative estimate of drug-likeness (QED) is 0.745. The van der Waals surface area contributed by atoms with Gasteiger partial charge in [-0.2, -0.15) is 5.10 Å². The Morgan fingerprint density at radius 1 is 1.27 bits per heavy atom. The zero-order valence-electron chi connectivity index (χ0n) is 7.92. The van der Waals surface area contributed by atoms with Gasteiger partial charge >= 0.3 is 0 Å². The van der Waals surface area contributed by atoms with E-state index in [0.29, 0.717) is 0 Å². The summed E-state index contributed by atoms with van der Waals surface area (Å²) in [5, 5.41) is 4.00. The summed E-state index contributed by atoms with van der Waals surface area (Å²) >= 11 is 0. The number of nitrogen functional groups attached to an aromatic ring is 1. The lowest BCUT2D eigenvalue weighted by atomic mass is 10.3. The zero-order chi connectivity index (χ0) is 10.8. The molecule has 5 heteroatoms. The molecule has 0 bridgehead atoms. The number of anilines is 1. The normalized spacial score (nSPS) is 10.1. The molecule has 1 aromatic carbocycles. The van der Waals surface area contributed by atoms with Crippen LogP contribution in [0.15, 0.2) is 36.5 Å². The lowest BCUT2D eigenvalue weighted by Crippen LogP contribution is -2.13. The first-order valence-corrected chi connectivity index (χ1v) is 4.39. The molecule has 1 amide bonds. The van der Waals surface area contributed by atoms with Gasteiger partial charge in [-0.1, -0.05) is 18.2 Å². The number of benzene rings is 1. The van der Waals surface area contributed by atoms with E-state index in [2.05, 4.69) is 5.10 Å². The molecule has 0 saturated carbocycles. The molecule has 4 N–H and O–H groups in total. The standard InChI is InChI=1S/C10H10N4O/c11-8-6-14(13-9(8)10(12)15)7-4-2-1-3-5-7/h1-6H,11H2,(H2,12,15). The van der Waals surface area contributed by atoms with E-state index >= 15 is 0 Å². The zero-order valence-corrected chi connectivity index (χ0v) is 7.92. The second-order valence-electron chi connectivity index (χ2n) is 3.08. The van der Waals surface area contributed by atoms with Crippen LogP contribution in [0.3, 0.4) is 0 Å². The molecule has 0 aliphatic heterocycles. The molecule has 0 fully saturated rings. The van der Waals surface area contributed by atoms with Gasteiger partial charge in [0.05, 0.1) is 17.6 Å². The van der Waals surface area contributed by atoms with Gasteiger partial charge in [0.25, 0.3) is 5.91 Å². The lowest BCUT2D eigenvalue weighted by molar-refractivity contribution is 0.0996. The number of aromatic nitrogens is 2. The Labute approximate surface area is 86.3 Å². The fraction of sp³-hybridized carbons (Fsp3) is 0. The molecule has 0 aliphatic carbocycles. The van der Waals surface area contributed by atoms with Crippen LogP contribution in [-0.4, -0.2) is 15.7 Å². The van der Waals surface area contributed by atoms with Crippen molar-refractivity contribution >= 4 is 11.6 Å². The van der Waals surface area contributed by atoms with Crippen molar-refractivity contribution in [2.75, 3.05) is 5.73 Å². The maximum atomic E-state index is 10.9. The highest BCUT2D eigenvalue weighted by Gasteiger charge is 2.11. The molecule has 0 radical (unpaired) electrons. The molecule has 2 rings (SSSR count). The summed E-state index contributed by atoms with van der Waals surface area (Å²) in [6, 6.07) is 9.36. The molecule has 0 aliphatic rings. The number of carbonyl (C=O) groups is 1. The number of para-hydroxylation sites is 1. The fourth-order valence-corrected chi connectivity index (χ4v) is 1.29. The lowest BCUT2D eigenvalue weighted by Gasteiger charge is -1.98. The van der Waals surface area contributed by atoms with E-state index in [-0.39, 0.29) is 11.4 Å². The second kappa shape index (κ2) is 3.45. The fourth-order valence-electron chi connectivity index (χ4n) is 1.29. The average molecular weight is 202 g/mol. The summed E-state index contributed by atoms with van der Waals surface area (Å²) in [5.74, 6) is -0.623. The predicted molar refractivity (Wildman–Crippen MR) is 56.5 cm³/mol. The van der Waals surface area contributed by atoms with Crippen LogP contribution in [0.25, 0.3) is 5.69 Å². The molecule has 5 nitrogen and oxygen atoms in total. The summed E-state index contributed by atoms with van der Waals surface area (Å²) in [5.41, 5.74) is 11.9. The number of amides is 1. The van der Waals surface area contributed by atoms with Crippen molar-refractivity contribution in [1.82, 2.24) is 9.78 Å². The second-order valence-corrected chi connectivity index (χ2v) is 3.08. The highest BCUT2D eigenvalue weighted by atomic mass is 16.1. The van der Waals surface area contributed by atoms with E-state index in [1.54, 1.807) is 6.20 Å². The first-order valence-electron chi connectivity index (χ1n) is 4.39. The number of nitrogens with zero attached hydrogens (tertiary/aromatic N) is 2. The molecular formula is C10H10N4O. The minimum absolute atomic E-state index is 0.0962. The Morgan fingerprint density at radius 2 is 1.93 bits per heavy atom. The summed E-state index contributed by atoms with van der Waals surface area (Å²) < 4.78 is 1.52. The van der Waals surface area contributed by atoms with Crippen LogP contribution in [0, 0.1) is 0 Å². The summed E-state index contributed by atoms with van der Waals surface area (Å²) in [6.07, 6.45) is 1.56. The highest BCUT2D eigenvalue weighted by molar-refractivity contribution is 5.95. The van der Waals surface area contributed by atoms with Crippen molar-refractivity contribution in [2.24, 2.45) is 5.73 Å². The Morgan fingerprint density at radius 3 is 2.47 bits per heavy atom.